The van der Waals surface area contributed by atoms with Crippen molar-refractivity contribution in [2.75, 3.05) is 19.1 Å². The second kappa shape index (κ2) is 6.50. The van der Waals surface area contributed by atoms with Gasteiger partial charge < -0.3 is 10.6 Å². The number of rotatable bonds is 7. The van der Waals surface area contributed by atoms with E-state index >= 15 is 0 Å². The molecule has 0 heterocycles. The Labute approximate surface area is 103 Å². The predicted octanol–water partition coefficient (Wildman–Crippen LogP) is 1.71. The van der Waals surface area contributed by atoms with E-state index in [9.17, 15) is 4.79 Å². The lowest BCUT2D eigenvalue weighted by molar-refractivity contribution is -0.132. The van der Waals surface area contributed by atoms with Crippen LogP contribution in [0.15, 0.2) is 0 Å². The molecule has 2 unspecified atom stereocenters. The third kappa shape index (κ3) is 3.98. The van der Waals surface area contributed by atoms with E-state index in [0.717, 1.165) is 12.2 Å². The van der Waals surface area contributed by atoms with Crippen LogP contribution in [0.1, 0.15) is 32.6 Å². The third-order valence-corrected chi connectivity index (χ3v) is 4.13. The highest BCUT2D eigenvalue weighted by Gasteiger charge is 2.31. The fraction of sp³-hybridized carbons (Fsp3) is 0.917. The van der Waals surface area contributed by atoms with Gasteiger partial charge in [-0.2, -0.15) is 11.8 Å². The first-order valence-electron chi connectivity index (χ1n) is 6.10. The Hall–Kier alpha value is -0.220. The maximum Gasteiger partial charge on any atom is 0.224 e. The molecule has 1 aliphatic rings. The van der Waals surface area contributed by atoms with E-state index in [-0.39, 0.29) is 11.9 Å². The zero-order valence-corrected chi connectivity index (χ0v) is 11.4. The van der Waals surface area contributed by atoms with Gasteiger partial charge in [0.1, 0.15) is 0 Å². The SMILES string of the molecule is CCC(CSC)N(C)C(=O)CC(N)C1CC1. The lowest BCUT2D eigenvalue weighted by atomic mass is 10.1. The molecule has 0 spiro atoms. The molecule has 2 N–H and O–H groups in total. The lowest BCUT2D eigenvalue weighted by Gasteiger charge is -2.27. The van der Waals surface area contributed by atoms with Crippen molar-refractivity contribution >= 4 is 17.7 Å². The minimum Gasteiger partial charge on any atom is -0.342 e. The van der Waals surface area contributed by atoms with E-state index in [0.29, 0.717) is 18.4 Å². The fourth-order valence-corrected chi connectivity index (χ4v) is 2.78. The Balaban J connectivity index is 2.37. The molecule has 0 saturated heterocycles. The minimum absolute atomic E-state index is 0.0849. The van der Waals surface area contributed by atoms with Gasteiger partial charge in [-0.1, -0.05) is 6.92 Å². The summed E-state index contributed by atoms with van der Waals surface area (Å²) in [4.78, 5) is 13.9. The number of hydrogen-bond donors (Lipinski definition) is 1. The van der Waals surface area contributed by atoms with Crippen molar-refractivity contribution in [3.05, 3.63) is 0 Å². The molecule has 0 bridgehead atoms. The molecule has 94 valence electrons. The van der Waals surface area contributed by atoms with E-state index in [4.69, 9.17) is 5.73 Å². The van der Waals surface area contributed by atoms with Gasteiger partial charge >= 0.3 is 0 Å². The Morgan fingerprint density at radius 2 is 2.19 bits per heavy atom. The number of nitrogens with zero attached hydrogens (tertiary/aromatic N) is 1. The minimum atomic E-state index is 0.0849. The summed E-state index contributed by atoms with van der Waals surface area (Å²) in [7, 11) is 1.91. The van der Waals surface area contributed by atoms with Gasteiger partial charge in [0.15, 0.2) is 0 Å². The average molecular weight is 244 g/mol. The van der Waals surface area contributed by atoms with Crippen LogP contribution >= 0.6 is 11.8 Å². The molecule has 4 heteroatoms. The van der Waals surface area contributed by atoms with Gasteiger partial charge in [0.25, 0.3) is 0 Å². The molecule has 0 aromatic heterocycles. The van der Waals surface area contributed by atoms with Gasteiger partial charge in [0, 0.05) is 31.3 Å². The van der Waals surface area contributed by atoms with Crippen molar-refractivity contribution in [2.45, 2.75) is 44.7 Å². The van der Waals surface area contributed by atoms with E-state index < -0.39 is 0 Å². The molecule has 0 aliphatic heterocycles. The molecule has 16 heavy (non-hydrogen) atoms. The molecule has 1 aliphatic carbocycles. The van der Waals surface area contributed by atoms with Crippen molar-refractivity contribution < 1.29 is 4.79 Å². The average Bonchev–Trinajstić information content (AvgIpc) is 3.08. The Kier molecular flexibility index (Phi) is 5.62. The predicted molar refractivity (Wildman–Crippen MR) is 70.5 cm³/mol. The highest BCUT2D eigenvalue weighted by atomic mass is 32.2. The topological polar surface area (TPSA) is 46.3 Å². The zero-order chi connectivity index (χ0) is 12.1. The van der Waals surface area contributed by atoms with Gasteiger partial charge in [0.2, 0.25) is 5.91 Å². The smallest absolute Gasteiger partial charge is 0.224 e. The molecule has 3 nitrogen and oxygen atoms in total. The molecule has 2 atom stereocenters. The summed E-state index contributed by atoms with van der Waals surface area (Å²) in [5.41, 5.74) is 5.98. The summed E-state index contributed by atoms with van der Waals surface area (Å²) in [5.74, 6) is 1.83. The molecule has 0 aromatic rings. The van der Waals surface area contributed by atoms with Crippen molar-refractivity contribution in [1.29, 1.82) is 0 Å². The summed E-state index contributed by atoms with van der Waals surface area (Å²) in [6, 6.07) is 0.440. The standard InChI is InChI=1S/C12H24N2OS/c1-4-10(8-16-3)14(2)12(15)7-11(13)9-5-6-9/h9-11H,4-8,13H2,1-3H3. The molecular weight excluding hydrogens is 220 g/mol. The molecule has 1 rings (SSSR count). The first-order chi connectivity index (χ1) is 7.60. The van der Waals surface area contributed by atoms with Gasteiger partial charge in [-0.05, 0) is 31.4 Å². The van der Waals surface area contributed by atoms with E-state index in [1.165, 1.54) is 12.8 Å². The summed E-state index contributed by atoms with van der Waals surface area (Å²) >= 11 is 1.79. The first kappa shape index (κ1) is 13.8. The Bertz CT molecular complexity index is 231. The molecular formula is C12H24N2OS. The van der Waals surface area contributed by atoms with Crippen molar-refractivity contribution in [3.63, 3.8) is 0 Å². The molecule has 0 radical (unpaired) electrons. The van der Waals surface area contributed by atoms with Crippen LogP contribution in [-0.4, -0.2) is 41.9 Å². The van der Waals surface area contributed by atoms with E-state index in [2.05, 4.69) is 13.2 Å². The molecule has 1 fully saturated rings. The third-order valence-electron chi connectivity index (χ3n) is 3.41. The van der Waals surface area contributed by atoms with Gasteiger partial charge in [-0.15, -0.1) is 0 Å². The van der Waals surface area contributed by atoms with Crippen LogP contribution in [0.25, 0.3) is 0 Å². The fourth-order valence-electron chi connectivity index (χ4n) is 1.94. The molecule has 0 aromatic carbocycles. The van der Waals surface area contributed by atoms with Crippen molar-refractivity contribution in [3.8, 4) is 0 Å². The van der Waals surface area contributed by atoms with Crippen LogP contribution in [0.4, 0.5) is 0 Å². The lowest BCUT2D eigenvalue weighted by Crippen LogP contribution is -2.41. The van der Waals surface area contributed by atoms with Gasteiger partial charge in [-0.3, -0.25) is 4.79 Å². The number of amides is 1. The van der Waals surface area contributed by atoms with Crippen molar-refractivity contribution in [1.82, 2.24) is 4.90 Å². The maximum absolute atomic E-state index is 12.0. The Morgan fingerprint density at radius 1 is 1.56 bits per heavy atom. The summed E-state index contributed by atoms with van der Waals surface area (Å²) in [6.45, 7) is 2.13. The first-order valence-corrected chi connectivity index (χ1v) is 7.49. The van der Waals surface area contributed by atoms with Crippen LogP contribution in [0.5, 0.6) is 0 Å². The second-order valence-corrected chi connectivity index (χ2v) is 5.64. The van der Waals surface area contributed by atoms with E-state index in [1.807, 2.05) is 11.9 Å². The van der Waals surface area contributed by atoms with Crippen LogP contribution in [0.3, 0.4) is 0 Å². The van der Waals surface area contributed by atoms with Crippen molar-refractivity contribution in [2.24, 2.45) is 11.7 Å². The van der Waals surface area contributed by atoms with Crippen LogP contribution < -0.4 is 5.73 Å². The number of hydrogen-bond acceptors (Lipinski definition) is 3. The maximum atomic E-state index is 12.0. The number of thioether (sulfide) groups is 1. The highest BCUT2D eigenvalue weighted by molar-refractivity contribution is 7.98. The summed E-state index contributed by atoms with van der Waals surface area (Å²) in [5, 5.41) is 0. The Morgan fingerprint density at radius 3 is 2.62 bits per heavy atom. The normalized spacial score (nSPS) is 19.2. The second-order valence-electron chi connectivity index (χ2n) is 4.73. The zero-order valence-electron chi connectivity index (χ0n) is 10.6. The van der Waals surface area contributed by atoms with Gasteiger partial charge in [0.05, 0.1) is 0 Å². The number of carbonyl (C=O) groups is 1. The monoisotopic (exact) mass is 244 g/mol. The van der Waals surface area contributed by atoms with Crippen LogP contribution in [-0.2, 0) is 4.79 Å². The van der Waals surface area contributed by atoms with E-state index in [1.54, 1.807) is 11.8 Å². The summed E-state index contributed by atoms with van der Waals surface area (Å²) < 4.78 is 0. The summed E-state index contributed by atoms with van der Waals surface area (Å²) in [6.07, 6.45) is 6.03. The quantitative estimate of drug-likeness (QED) is 0.741. The number of carbonyl (C=O) groups excluding carboxylic acids is 1. The van der Waals surface area contributed by atoms with Crippen LogP contribution in [0.2, 0.25) is 0 Å². The highest BCUT2D eigenvalue weighted by Crippen LogP contribution is 2.33. The van der Waals surface area contributed by atoms with Crippen LogP contribution in [0, 0.1) is 5.92 Å². The molecule has 1 amide bonds. The molecule has 1 saturated carbocycles. The largest absolute Gasteiger partial charge is 0.342 e. The van der Waals surface area contributed by atoms with Gasteiger partial charge in [-0.25, -0.2) is 0 Å². The number of nitrogens with two attached hydrogens (primary N) is 1.